The van der Waals surface area contributed by atoms with Crippen molar-refractivity contribution in [3.8, 4) is 0 Å². The summed E-state index contributed by atoms with van der Waals surface area (Å²) in [7, 11) is 0. The molecule has 86 valence electrons. The van der Waals surface area contributed by atoms with Crippen molar-refractivity contribution < 1.29 is 10.3 Å². The van der Waals surface area contributed by atoms with Gasteiger partial charge in [-0.3, -0.25) is 4.79 Å². The summed E-state index contributed by atoms with van der Waals surface area (Å²) in [4.78, 5) is 12.0. The molecule has 0 saturated carbocycles. The summed E-state index contributed by atoms with van der Waals surface area (Å²) >= 11 is 5.75. The molecule has 2 N–H and O–H groups in total. The zero-order valence-electron chi connectivity index (χ0n) is 8.89. The summed E-state index contributed by atoms with van der Waals surface area (Å²) in [5, 5.41) is 11.1. The smallest absolute Gasteiger partial charge is 0.193 e. The van der Waals surface area contributed by atoms with Crippen molar-refractivity contribution in [2.45, 2.75) is 0 Å². The molecule has 0 atom stereocenters. The molecule has 0 aromatic heterocycles. The Morgan fingerprint density at radius 3 is 1.88 bits per heavy atom. The van der Waals surface area contributed by atoms with E-state index in [2.05, 4.69) is 0 Å². The fourth-order valence-electron chi connectivity index (χ4n) is 1.48. The third-order valence-corrected chi connectivity index (χ3v) is 2.67. The number of hydrogen-bond donors (Lipinski definition) is 1. The van der Waals surface area contributed by atoms with Crippen LogP contribution in [0.3, 0.4) is 0 Å². The molecule has 0 heterocycles. The largest absolute Gasteiger partial charge is 0.630 e. The molecule has 2 aromatic carbocycles. The Balaban J connectivity index is 2.27. The van der Waals surface area contributed by atoms with Crippen LogP contribution in [0, 0.1) is 5.21 Å². The second-order valence-corrected chi connectivity index (χ2v) is 4.01. The Kier molecular flexibility index (Phi) is 3.54. The normalized spacial score (nSPS) is 10.2. The molecular weight excluding hydrogens is 238 g/mol. The average molecular weight is 248 g/mol. The summed E-state index contributed by atoms with van der Waals surface area (Å²) in [6, 6.07) is 13.2. The van der Waals surface area contributed by atoms with Gasteiger partial charge in [-0.2, -0.15) is 0 Å². The molecule has 0 aliphatic carbocycles. The Labute approximate surface area is 104 Å². The Bertz CT molecular complexity index is 520. The molecule has 0 amide bonds. The minimum absolute atomic E-state index is 0.0842. The van der Waals surface area contributed by atoms with Crippen LogP contribution in [0.4, 0.5) is 5.69 Å². The molecule has 2 rings (SSSR count). The summed E-state index contributed by atoms with van der Waals surface area (Å²) in [5.74, 6) is -0.0842. The first kappa shape index (κ1) is 11.8. The van der Waals surface area contributed by atoms with E-state index >= 15 is 0 Å². The third kappa shape index (κ3) is 2.71. The van der Waals surface area contributed by atoms with E-state index in [9.17, 15) is 10.0 Å². The van der Waals surface area contributed by atoms with Crippen LogP contribution in [-0.2, 0) is 0 Å². The lowest BCUT2D eigenvalue weighted by atomic mass is 10.0. The fraction of sp³-hybridized carbons (Fsp3) is 0. The number of halogens is 1. The second kappa shape index (κ2) is 5.10. The predicted molar refractivity (Wildman–Crippen MR) is 66.3 cm³/mol. The van der Waals surface area contributed by atoms with Gasteiger partial charge in [-0.1, -0.05) is 11.6 Å². The molecule has 0 spiro atoms. The molecule has 2 aromatic rings. The summed E-state index contributed by atoms with van der Waals surface area (Å²) in [6.07, 6.45) is 0. The molecule has 0 aliphatic heterocycles. The molecule has 0 aliphatic rings. The number of nitrogens with two attached hydrogens (primary N) is 1. The van der Waals surface area contributed by atoms with Crippen LogP contribution in [0.2, 0.25) is 5.02 Å². The van der Waals surface area contributed by atoms with Gasteiger partial charge in [0, 0.05) is 16.1 Å². The van der Waals surface area contributed by atoms with Crippen molar-refractivity contribution in [1.82, 2.24) is 0 Å². The fourth-order valence-corrected chi connectivity index (χ4v) is 1.61. The van der Waals surface area contributed by atoms with Gasteiger partial charge in [0.1, 0.15) is 5.69 Å². The molecule has 0 saturated heterocycles. The van der Waals surface area contributed by atoms with Crippen LogP contribution >= 0.6 is 11.6 Å². The van der Waals surface area contributed by atoms with Gasteiger partial charge in [0.25, 0.3) is 0 Å². The van der Waals surface area contributed by atoms with Gasteiger partial charge in [0.05, 0.1) is 0 Å². The average Bonchev–Trinajstić information content (AvgIpc) is 2.39. The second-order valence-electron chi connectivity index (χ2n) is 3.58. The van der Waals surface area contributed by atoms with Gasteiger partial charge in [-0.15, -0.1) is 0 Å². The van der Waals surface area contributed by atoms with Crippen molar-refractivity contribution in [1.29, 1.82) is 0 Å². The third-order valence-electron chi connectivity index (χ3n) is 2.42. The molecule has 0 radical (unpaired) electrons. The Morgan fingerprint density at radius 1 is 0.941 bits per heavy atom. The predicted octanol–water partition coefficient (Wildman–Crippen LogP) is 2.26. The van der Waals surface area contributed by atoms with Crippen LogP contribution < -0.4 is 5.48 Å². The standard InChI is InChI=1S/C13H10ClNO2/c14-11-5-1-9(2-6-11)13(16)10-3-7-12(15-17)8-4-10/h1-8H,15H2. The number of ketones is 1. The maximum atomic E-state index is 12.0. The highest BCUT2D eigenvalue weighted by Crippen LogP contribution is 2.14. The number of carbonyl (C=O) groups is 1. The van der Waals surface area contributed by atoms with Gasteiger partial charge in [-0.05, 0) is 48.5 Å². The lowest BCUT2D eigenvalue weighted by Crippen LogP contribution is -2.70. The number of hydrogen-bond acceptors (Lipinski definition) is 2. The highest BCUT2D eigenvalue weighted by molar-refractivity contribution is 6.30. The van der Waals surface area contributed by atoms with E-state index in [1.165, 1.54) is 0 Å². The zero-order valence-corrected chi connectivity index (χ0v) is 9.65. The number of rotatable bonds is 3. The summed E-state index contributed by atoms with van der Waals surface area (Å²) in [6.45, 7) is 0. The van der Waals surface area contributed by atoms with Crippen molar-refractivity contribution >= 4 is 23.1 Å². The van der Waals surface area contributed by atoms with Gasteiger partial charge in [0.2, 0.25) is 0 Å². The quantitative estimate of drug-likeness (QED) is 0.514. The highest BCUT2D eigenvalue weighted by Gasteiger charge is 2.08. The van der Waals surface area contributed by atoms with Crippen LogP contribution in [-0.4, -0.2) is 5.78 Å². The van der Waals surface area contributed by atoms with Crippen molar-refractivity contribution in [2.75, 3.05) is 0 Å². The van der Waals surface area contributed by atoms with Crippen LogP contribution in [0.15, 0.2) is 48.5 Å². The van der Waals surface area contributed by atoms with Crippen molar-refractivity contribution in [2.24, 2.45) is 0 Å². The Hall–Kier alpha value is -1.68. The highest BCUT2D eigenvalue weighted by atomic mass is 35.5. The maximum Gasteiger partial charge on any atom is 0.193 e. The monoisotopic (exact) mass is 247 g/mol. The summed E-state index contributed by atoms with van der Waals surface area (Å²) in [5.41, 5.74) is 2.43. The van der Waals surface area contributed by atoms with Crippen LogP contribution in [0.5, 0.6) is 0 Å². The van der Waals surface area contributed by atoms with Gasteiger partial charge < -0.3 is 10.7 Å². The van der Waals surface area contributed by atoms with Crippen LogP contribution in [0.25, 0.3) is 0 Å². The lowest BCUT2D eigenvalue weighted by Gasteiger charge is -2.03. The van der Waals surface area contributed by atoms with E-state index < -0.39 is 0 Å². The molecule has 17 heavy (non-hydrogen) atoms. The van der Waals surface area contributed by atoms with E-state index in [4.69, 9.17) is 11.6 Å². The molecule has 0 fully saturated rings. The Morgan fingerprint density at radius 2 is 1.41 bits per heavy atom. The first-order valence-electron chi connectivity index (χ1n) is 5.06. The number of carbonyl (C=O) groups excluding carboxylic acids is 1. The van der Waals surface area contributed by atoms with E-state index in [0.29, 0.717) is 21.8 Å². The van der Waals surface area contributed by atoms with Crippen LogP contribution in [0.1, 0.15) is 15.9 Å². The molecule has 4 heteroatoms. The van der Waals surface area contributed by atoms with E-state index in [0.717, 1.165) is 5.48 Å². The molecule has 0 unspecified atom stereocenters. The first-order chi connectivity index (χ1) is 8.20. The van der Waals surface area contributed by atoms with Crippen molar-refractivity contribution in [3.63, 3.8) is 0 Å². The minimum Gasteiger partial charge on any atom is -0.630 e. The minimum atomic E-state index is -0.0842. The molecule has 0 bridgehead atoms. The lowest BCUT2D eigenvalue weighted by molar-refractivity contribution is -0.497. The van der Waals surface area contributed by atoms with Crippen molar-refractivity contribution in [3.05, 3.63) is 69.9 Å². The zero-order chi connectivity index (χ0) is 12.3. The maximum absolute atomic E-state index is 12.0. The van der Waals surface area contributed by atoms with E-state index in [1.54, 1.807) is 48.5 Å². The van der Waals surface area contributed by atoms with Gasteiger partial charge in [-0.25, -0.2) is 0 Å². The topological polar surface area (TPSA) is 56.7 Å². The van der Waals surface area contributed by atoms with E-state index in [1.807, 2.05) is 0 Å². The first-order valence-corrected chi connectivity index (χ1v) is 5.44. The SMILES string of the molecule is O=C(c1ccc(Cl)cc1)c1ccc([NH2+][O-])cc1. The van der Waals surface area contributed by atoms with Gasteiger partial charge in [0.15, 0.2) is 5.78 Å². The van der Waals surface area contributed by atoms with Gasteiger partial charge >= 0.3 is 0 Å². The molecule has 3 nitrogen and oxygen atoms in total. The van der Waals surface area contributed by atoms with E-state index in [-0.39, 0.29) is 5.78 Å². The number of quaternary nitrogens is 1. The summed E-state index contributed by atoms with van der Waals surface area (Å²) < 4.78 is 0. The molecular formula is C13H10ClNO2. The number of benzene rings is 2.